The number of carbonyl (C=O) groups excluding carboxylic acids is 1. The highest BCUT2D eigenvalue weighted by Crippen LogP contribution is 2.30. The Bertz CT molecular complexity index is 1220. The maximum absolute atomic E-state index is 13.2. The van der Waals surface area contributed by atoms with Crippen molar-refractivity contribution in [2.45, 2.75) is 26.3 Å². The van der Waals surface area contributed by atoms with Crippen molar-refractivity contribution >= 4 is 27.3 Å². The number of benzene rings is 2. The minimum atomic E-state index is -0.266. The maximum atomic E-state index is 13.2. The number of amides is 1. The van der Waals surface area contributed by atoms with E-state index in [0.717, 1.165) is 46.3 Å². The third-order valence-corrected chi connectivity index (χ3v) is 6.93. The average molecular weight is 450 g/mol. The van der Waals surface area contributed by atoms with Gasteiger partial charge in [-0.2, -0.15) is 0 Å². The molecular weight excluding hydrogens is 425 g/mol. The zero-order valence-corrected chi connectivity index (χ0v) is 18.6. The van der Waals surface area contributed by atoms with Crippen molar-refractivity contribution in [1.29, 1.82) is 0 Å². The summed E-state index contributed by atoms with van der Waals surface area (Å²) in [5.41, 5.74) is 3.95. The van der Waals surface area contributed by atoms with Crippen molar-refractivity contribution in [2.24, 2.45) is 5.92 Å². The van der Waals surface area contributed by atoms with E-state index in [9.17, 15) is 9.18 Å². The van der Waals surface area contributed by atoms with Gasteiger partial charge >= 0.3 is 0 Å². The highest BCUT2D eigenvalue weighted by molar-refractivity contribution is 7.20. The van der Waals surface area contributed by atoms with Gasteiger partial charge in [0.15, 0.2) is 0 Å². The van der Waals surface area contributed by atoms with Gasteiger partial charge < -0.3 is 10.2 Å². The molecule has 2 aromatic carbocycles. The van der Waals surface area contributed by atoms with Crippen LogP contribution in [-0.4, -0.2) is 33.6 Å². The van der Waals surface area contributed by atoms with Gasteiger partial charge in [0.05, 0.1) is 17.8 Å². The molecule has 1 amide bonds. The molecule has 3 heterocycles. The first-order chi connectivity index (χ1) is 15.6. The predicted octanol–water partition coefficient (Wildman–Crippen LogP) is 4.44. The van der Waals surface area contributed by atoms with Gasteiger partial charge in [-0.05, 0) is 55.2 Å². The van der Waals surface area contributed by atoms with E-state index in [1.165, 1.54) is 29.0 Å². The number of aryl methyl sites for hydroxylation is 1. The SMILES string of the molecule is Cc1ccccc1CNC(=O)C1CCCN(c2nn3cc(-c4ccc(F)cc4)nc3s2)C1. The lowest BCUT2D eigenvalue weighted by Gasteiger charge is -2.31. The van der Waals surface area contributed by atoms with E-state index in [0.29, 0.717) is 13.1 Å². The van der Waals surface area contributed by atoms with Crippen molar-refractivity contribution in [2.75, 3.05) is 18.0 Å². The van der Waals surface area contributed by atoms with Crippen LogP contribution in [0, 0.1) is 18.7 Å². The number of rotatable bonds is 5. The topological polar surface area (TPSA) is 62.5 Å². The summed E-state index contributed by atoms with van der Waals surface area (Å²) in [6, 6.07) is 14.4. The highest BCUT2D eigenvalue weighted by Gasteiger charge is 2.28. The predicted molar refractivity (Wildman–Crippen MR) is 124 cm³/mol. The number of aromatic nitrogens is 3. The number of fused-ring (bicyclic) bond motifs is 1. The van der Waals surface area contributed by atoms with Gasteiger partial charge in [-0.25, -0.2) is 13.9 Å². The Morgan fingerprint density at radius 2 is 2.03 bits per heavy atom. The molecule has 1 aliphatic rings. The van der Waals surface area contributed by atoms with Crippen LogP contribution in [0.25, 0.3) is 16.2 Å². The Morgan fingerprint density at radius 3 is 2.81 bits per heavy atom. The molecule has 1 fully saturated rings. The first kappa shape index (κ1) is 20.6. The van der Waals surface area contributed by atoms with Gasteiger partial charge in [-0.3, -0.25) is 4.79 Å². The van der Waals surface area contributed by atoms with Crippen LogP contribution in [0.2, 0.25) is 0 Å². The van der Waals surface area contributed by atoms with Crippen LogP contribution in [0.5, 0.6) is 0 Å². The van der Waals surface area contributed by atoms with Crippen LogP contribution in [0.1, 0.15) is 24.0 Å². The van der Waals surface area contributed by atoms with Crippen LogP contribution in [0.15, 0.2) is 54.7 Å². The molecular formula is C24H24FN5OS. The summed E-state index contributed by atoms with van der Waals surface area (Å²) < 4.78 is 14.9. The number of anilines is 1. The normalized spacial score (nSPS) is 16.4. The smallest absolute Gasteiger partial charge is 0.225 e. The largest absolute Gasteiger partial charge is 0.352 e. The zero-order valence-electron chi connectivity index (χ0n) is 17.8. The molecule has 1 aliphatic heterocycles. The van der Waals surface area contributed by atoms with Crippen LogP contribution in [-0.2, 0) is 11.3 Å². The number of halogens is 1. The Morgan fingerprint density at radius 1 is 1.22 bits per heavy atom. The Hall–Kier alpha value is -3.26. The summed E-state index contributed by atoms with van der Waals surface area (Å²) in [7, 11) is 0. The molecule has 164 valence electrons. The monoisotopic (exact) mass is 449 g/mol. The van der Waals surface area contributed by atoms with E-state index in [-0.39, 0.29) is 17.6 Å². The molecule has 1 saturated heterocycles. The van der Waals surface area contributed by atoms with Crippen molar-refractivity contribution in [1.82, 2.24) is 19.9 Å². The number of hydrogen-bond donors (Lipinski definition) is 1. The Labute approximate surface area is 189 Å². The lowest BCUT2D eigenvalue weighted by molar-refractivity contribution is -0.125. The van der Waals surface area contributed by atoms with E-state index in [2.05, 4.69) is 28.2 Å². The van der Waals surface area contributed by atoms with E-state index < -0.39 is 0 Å². The van der Waals surface area contributed by atoms with Crippen molar-refractivity contribution in [3.05, 3.63) is 71.7 Å². The quantitative estimate of drug-likeness (QED) is 0.489. The minimum absolute atomic E-state index is 0.0567. The molecule has 2 aromatic heterocycles. The van der Waals surface area contributed by atoms with Crippen LogP contribution in [0.3, 0.4) is 0 Å². The summed E-state index contributed by atoms with van der Waals surface area (Å²) in [5, 5.41) is 8.67. The molecule has 1 N–H and O–H groups in total. The van der Waals surface area contributed by atoms with Gasteiger partial charge in [0.25, 0.3) is 0 Å². The Kier molecular flexibility index (Phi) is 5.61. The number of nitrogens with one attached hydrogen (secondary N) is 1. The summed E-state index contributed by atoms with van der Waals surface area (Å²) in [4.78, 5) is 20.4. The molecule has 5 rings (SSSR count). The Balaban J connectivity index is 1.25. The third-order valence-electron chi connectivity index (χ3n) is 5.95. The van der Waals surface area contributed by atoms with Crippen molar-refractivity contribution in [3.8, 4) is 11.3 Å². The molecule has 1 unspecified atom stereocenters. The molecule has 1 atom stereocenters. The first-order valence-electron chi connectivity index (χ1n) is 10.8. The molecule has 4 aromatic rings. The molecule has 8 heteroatoms. The van der Waals surface area contributed by atoms with Crippen LogP contribution < -0.4 is 10.2 Å². The summed E-state index contributed by atoms with van der Waals surface area (Å²) in [6.45, 7) is 4.15. The first-order valence-corrected chi connectivity index (χ1v) is 11.6. The van der Waals surface area contributed by atoms with Gasteiger partial charge in [0.1, 0.15) is 5.82 Å². The summed E-state index contributed by atoms with van der Waals surface area (Å²) in [5.74, 6) is -0.227. The van der Waals surface area contributed by atoms with Gasteiger partial charge in [-0.1, -0.05) is 35.6 Å². The second kappa shape index (κ2) is 8.70. The standard InChI is InChI=1S/C24H24FN5OS/c1-16-5-2-3-6-18(16)13-26-22(31)19-7-4-12-29(14-19)24-28-30-15-21(27-23(30)32-24)17-8-10-20(25)11-9-17/h2-3,5-6,8-11,15,19H,4,7,12-14H2,1H3,(H,26,31). The molecule has 0 spiro atoms. The van der Waals surface area contributed by atoms with E-state index in [4.69, 9.17) is 5.10 Å². The number of imidazole rings is 1. The fraction of sp³-hybridized carbons (Fsp3) is 0.292. The van der Waals surface area contributed by atoms with Crippen molar-refractivity contribution < 1.29 is 9.18 Å². The van der Waals surface area contributed by atoms with Crippen LogP contribution >= 0.6 is 11.3 Å². The number of nitrogens with zero attached hydrogens (tertiary/aromatic N) is 4. The highest BCUT2D eigenvalue weighted by atomic mass is 32.1. The van der Waals surface area contributed by atoms with Gasteiger partial charge in [0, 0.05) is 25.2 Å². The molecule has 0 saturated carbocycles. The lowest BCUT2D eigenvalue weighted by Crippen LogP contribution is -2.43. The van der Waals surface area contributed by atoms with Crippen molar-refractivity contribution in [3.63, 3.8) is 0 Å². The van der Waals surface area contributed by atoms with Gasteiger partial charge in [-0.15, -0.1) is 5.10 Å². The second-order valence-corrected chi connectivity index (χ2v) is 9.11. The molecule has 0 aliphatic carbocycles. The molecule has 6 nitrogen and oxygen atoms in total. The number of hydrogen-bond acceptors (Lipinski definition) is 5. The average Bonchev–Trinajstić information content (AvgIpc) is 3.39. The second-order valence-electron chi connectivity index (χ2n) is 8.17. The third kappa shape index (κ3) is 4.23. The fourth-order valence-electron chi connectivity index (χ4n) is 4.08. The molecule has 0 bridgehead atoms. The summed E-state index contributed by atoms with van der Waals surface area (Å²) >= 11 is 1.51. The number of piperidine rings is 1. The minimum Gasteiger partial charge on any atom is -0.352 e. The molecule has 32 heavy (non-hydrogen) atoms. The van der Waals surface area contributed by atoms with Crippen LogP contribution in [0.4, 0.5) is 9.52 Å². The lowest BCUT2D eigenvalue weighted by atomic mass is 9.97. The van der Waals surface area contributed by atoms with E-state index >= 15 is 0 Å². The summed E-state index contributed by atoms with van der Waals surface area (Å²) in [6.07, 6.45) is 3.69. The van der Waals surface area contributed by atoms with Gasteiger partial charge in [0.2, 0.25) is 16.0 Å². The maximum Gasteiger partial charge on any atom is 0.225 e. The fourth-order valence-corrected chi connectivity index (χ4v) is 5.00. The van der Waals surface area contributed by atoms with E-state index in [1.807, 2.05) is 24.4 Å². The van der Waals surface area contributed by atoms with E-state index in [1.54, 1.807) is 16.6 Å². The number of carbonyl (C=O) groups is 1. The molecule has 0 radical (unpaired) electrons. The zero-order chi connectivity index (χ0) is 22.1.